The SMILES string of the molecule is O=C(C1CCCCC1)N1CCCCC1c1nc(CCOc2ccc(F)cc2)no1. The first-order valence-corrected chi connectivity index (χ1v) is 10.7. The summed E-state index contributed by atoms with van der Waals surface area (Å²) in [6, 6.07) is 5.80. The molecule has 1 saturated carbocycles. The average Bonchev–Trinajstić information content (AvgIpc) is 3.24. The molecule has 0 radical (unpaired) electrons. The number of ether oxygens (including phenoxy) is 1. The average molecular weight is 401 g/mol. The zero-order valence-electron chi connectivity index (χ0n) is 16.7. The van der Waals surface area contributed by atoms with Crippen LogP contribution < -0.4 is 4.74 Å². The molecule has 0 N–H and O–H groups in total. The van der Waals surface area contributed by atoms with Crippen molar-refractivity contribution < 1.29 is 18.4 Å². The fraction of sp³-hybridized carbons (Fsp3) is 0.591. The summed E-state index contributed by atoms with van der Waals surface area (Å²) in [6.45, 7) is 1.14. The fourth-order valence-corrected chi connectivity index (χ4v) is 4.33. The maximum absolute atomic E-state index is 13.1. The van der Waals surface area contributed by atoms with E-state index in [4.69, 9.17) is 9.26 Å². The van der Waals surface area contributed by atoms with Gasteiger partial charge in [0.2, 0.25) is 11.8 Å². The minimum absolute atomic E-state index is 0.113. The Morgan fingerprint density at radius 1 is 1.10 bits per heavy atom. The Bertz CT molecular complexity index is 802. The molecule has 6 nitrogen and oxygen atoms in total. The molecule has 1 saturated heterocycles. The van der Waals surface area contributed by atoms with E-state index in [9.17, 15) is 9.18 Å². The summed E-state index contributed by atoms with van der Waals surface area (Å²) in [5.41, 5.74) is 0. The molecule has 1 aromatic heterocycles. The molecule has 1 aromatic carbocycles. The quantitative estimate of drug-likeness (QED) is 0.715. The molecule has 29 heavy (non-hydrogen) atoms. The van der Waals surface area contributed by atoms with Crippen LogP contribution in [0.25, 0.3) is 0 Å². The van der Waals surface area contributed by atoms with E-state index in [1.54, 1.807) is 12.1 Å². The Kier molecular flexibility index (Phi) is 6.42. The predicted molar refractivity (Wildman–Crippen MR) is 105 cm³/mol. The smallest absolute Gasteiger partial charge is 0.249 e. The number of amides is 1. The van der Waals surface area contributed by atoms with E-state index >= 15 is 0 Å². The van der Waals surface area contributed by atoms with Crippen molar-refractivity contribution in [1.29, 1.82) is 0 Å². The molecule has 2 heterocycles. The highest BCUT2D eigenvalue weighted by Gasteiger charge is 2.35. The molecule has 2 fully saturated rings. The van der Waals surface area contributed by atoms with Gasteiger partial charge in [-0.3, -0.25) is 4.79 Å². The molecule has 1 aliphatic carbocycles. The van der Waals surface area contributed by atoms with Crippen molar-refractivity contribution >= 4 is 5.91 Å². The van der Waals surface area contributed by atoms with Gasteiger partial charge in [0, 0.05) is 18.9 Å². The third-order valence-electron chi connectivity index (χ3n) is 5.92. The minimum atomic E-state index is -0.292. The summed E-state index contributed by atoms with van der Waals surface area (Å²) >= 11 is 0. The number of nitrogens with zero attached hydrogens (tertiary/aromatic N) is 3. The van der Waals surface area contributed by atoms with Crippen LogP contribution in [0.1, 0.15) is 69.1 Å². The Morgan fingerprint density at radius 2 is 1.86 bits per heavy atom. The highest BCUT2D eigenvalue weighted by Crippen LogP contribution is 2.34. The lowest BCUT2D eigenvalue weighted by Crippen LogP contribution is -2.42. The second-order valence-electron chi connectivity index (χ2n) is 7.98. The number of hydrogen-bond donors (Lipinski definition) is 0. The third-order valence-corrected chi connectivity index (χ3v) is 5.92. The molecule has 7 heteroatoms. The van der Waals surface area contributed by atoms with Crippen LogP contribution in [0.3, 0.4) is 0 Å². The first kappa shape index (κ1) is 19.9. The summed E-state index contributed by atoms with van der Waals surface area (Å²) in [7, 11) is 0. The van der Waals surface area contributed by atoms with Crippen LogP contribution in [0.5, 0.6) is 5.75 Å². The number of piperidine rings is 1. The molecular formula is C22H28FN3O3. The van der Waals surface area contributed by atoms with E-state index in [1.807, 2.05) is 4.90 Å². The topological polar surface area (TPSA) is 68.5 Å². The predicted octanol–water partition coefficient (Wildman–Crippen LogP) is 4.46. The molecule has 1 unspecified atom stereocenters. The van der Waals surface area contributed by atoms with Crippen molar-refractivity contribution in [2.24, 2.45) is 5.92 Å². The van der Waals surface area contributed by atoms with E-state index in [0.29, 0.717) is 30.5 Å². The normalized spacial score (nSPS) is 20.6. The van der Waals surface area contributed by atoms with Crippen LogP contribution in [-0.4, -0.2) is 34.1 Å². The van der Waals surface area contributed by atoms with Gasteiger partial charge in [0.15, 0.2) is 5.82 Å². The van der Waals surface area contributed by atoms with Gasteiger partial charge in [-0.25, -0.2) is 4.39 Å². The Balaban J connectivity index is 1.36. The number of carbonyl (C=O) groups excluding carboxylic acids is 1. The second-order valence-corrected chi connectivity index (χ2v) is 7.98. The Hall–Kier alpha value is -2.44. The van der Waals surface area contributed by atoms with Crippen molar-refractivity contribution in [2.45, 2.75) is 63.8 Å². The number of halogens is 1. The minimum Gasteiger partial charge on any atom is -0.493 e. The highest BCUT2D eigenvalue weighted by molar-refractivity contribution is 5.79. The van der Waals surface area contributed by atoms with Crippen molar-refractivity contribution in [1.82, 2.24) is 15.0 Å². The van der Waals surface area contributed by atoms with E-state index in [1.165, 1.54) is 18.6 Å². The number of hydrogen-bond acceptors (Lipinski definition) is 5. The van der Waals surface area contributed by atoms with E-state index in [2.05, 4.69) is 10.1 Å². The molecular weight excluding hydrogens is 373 g/mol. The Morgan fingerprint density at radius 3 is 2.66 bits per heavy atom. The first-order valence-electron chi connectivity index (χ1n) is 10.7. The first-order chi connectivity index (χ1) is 14.2. The lowest BCUT2D eigenvalue weighted by molar-refractivity contribution is -0.141. The van der Waals surface area contributed by atoms with Gasteiger partial charge in [-0.05, 0) is 56.4 Å². The van der Waals surface area contributed by atoms with Crippen LogP contribution in [0.15, 0.2) is 28.8 Å². The van der Waals surface area contributed by atoms with Gasteiger partial charge >= 0.3 is 0 Å². The molecule has 1 atom stereocenters. The molecule has 156 valence electrons. The van der Waals surface area contributed by atoms with Crippen molar-refractivity contribution in [3.63, 3.8) is 0 Å². The van der Waals surface area contributed by atoms with Gasteiger partial charge in [-0.1, -0.05) is 24.4 Å². The van der Waals surface area contributed by atoms with Gasteiger partial charge in [0.25, 0.3) is 0 Å². The maximum Gasteiger partial charge on any atom is 0.249 e. The lowest BCUT2D eigenvalue weighted by Gasteiger charge is -2.36. The molecule has 0 spiro atoms. The standard InChI is InChI=1S/C22H28FN3O3/c23-17-9-11-18(12-10-17)28-15-13-20-24-21(29-25-20)19-8-4-5-14-26(19)22(27)16-6-2-1-3-7-16/h9-12,16,19H,1-8,13-15H2. The number of carbonyl (C=O) groups is 1. The van der Waals surface area contributed by atoms with E-state index in [-0.39, 0.29) is 23.7 Å². The van der Waals surface area contributed by atoms with Crippen LogP contribution >= 0.6 is 0 Å². The number of aromatic nitrogens is 2. The Labute approximate surface area is 170 Å². The zero-order valence-corrected chi connectivity index (χ0v) is 16.7. The van der Waals surface area contributed by atoms with Crippen LogP contribution in [-0.2, 0) is 11.2 Å². The van der Waals surface area contributed by atoms with Gasteiger partial charge in [0.1, 0.15) is 17.6 Å². The summed E-state index contributed by atoms with van der Waals surface area (Å²) in [6.07, 6.45) is 8.97. The molecule has 1 amide bonds. The maximum atomic E-state index is 13.1. The third kappa shape index (κ3) is 4.95. The van der Waals surface area contributed by atoms with Crippen molar-refractivity contribution in [2.75, 3.05) is 13.2 Å². The highest BCUT2D eigenvalue weighted by atomic mass is 19.1. The molecule has 2 aromatic rings. The number of rotatable bonds is 6. The second kappa shape index (κ2) is 9.37. The van der Waals surface area contributed by atoms with E-state index in [0.717, 1.165) is 51.5 Å². The molecule has 2 aliphatic rings. The van der Waals surface area contributed by atoms with Crippen LogP contribution in [0, 0.1) is 11.7 Å². The summed E-state index contributed by atoms with van der Waals surface area (Å²) in [5.74, 6) is 1.82. The molecule has 4 rings (SSSR count). The monoisotopic (exact) mass is 401 g/mol. The zero-order chi connectivity index (χ0) is 20.1. The van der Waals surface area contributed by atoms with Crippen LogP contribution in [0.2, 0.25) is 0 Å². The summed E-state index contributed by atoms with van der Waals surface area (Å²) in [5, 5.41) is 4.08. The van der Waals surface area contributed by atoms with Gasteiger partial charge in [-0.2, -0.15) is 4.98 Å². The molecule has 1 aliphatic heterocycles. The van der Waals surface area contributed by atoms with Crippen molar-refractivity contribution in [3.05, 3.63) is 41.8 Å². The molecule has 0 bridgehead atoms. The summed E-state index contributed by atoms with van der Waals surface area (Å²) in [4.78, 5) is 19.6. The van der Waals surface area contributed by atoms with Crippen molar-refractivity contribution in [3.8, 4) is 5.75 Å². The van der Waals surface area contributed by atoms with Gasteiger partial charge in [-0.15, -0.1) is 0 Å². The fourth-order valence-electron chi connectivity index (χ4n) is 4.33. The summed E-state index contributed by atoms with van der Waals surface area (Å²) < 4.78 is 24.1. The van der Waals surface area contributed by atoms with E-state index < -0.39 is 0 Å². The van der Waals surface area contributed by atoms with Crippen LogP contribution in [0.4, 0.5) is 4.39 Å². The number of likely N-dealkylation sites (tertiary alicyclic amines) is 1. The largest absolute Gasteiger partial charge is 0.493 e. The van der Waals surface area contributed by atoms with Gasteiger partial charge < -0.3 is 14.2 Å². The van der Waals surface area contributed by atoms with Gasteiger partial charge in [0.05, 0.1) is 6.61 Å². The lowest BCUT2D eigenvalue weighted by atomic mass is 9.87. The number of benzene rings is 1.